The van der Waals surface area contributed by atoms with Crippen molar-refractivity contribution in [3.8, 4) is 22.9 Å². The van der Waals surface area contributed by atoms with Gasteiger partial charge in [-0.1, -0.05) is 16.8 Å². The first-order chi connectivity index (χ1) is 13.0. The van der Waals surface area contributed by atoms with E-state index in [1.54, 1.807) is 12.1 Å². The molecule has 9 heteroatoms. The van der Waals surface area contributed by atoms with Crippen LogP contribution in [0.25, 0.3) is 11.4 Å². The zero-order chi connectivity index (χ0) is 19.4. The molecule has 1 atom stereocenters. The van der Waals surface area contributed by atoms with Crippen molar-refractivity contribution in [1.82, 2.24) is 15.0 Å². The lowest BCUT2D eigenvalue weighted by molar-refractivity contribution is -0.130. The third kappa shape index (κ3) is 4.33. The minimum atomic E-state index is 0.0832. The Morgan fingerprint density at radius 3 is 2.89 bits per heavy atom. The number of carbonyl (C=O) groups is 1. The van der Waals surface area contributed by atoms with Gasteiger partial charge in [-0.3, -0.25) is 4.79 Å². The highest BCUT2D eigenvalue weighted by Crippen LogP contribution is 2.38. The van der Waals surface area contributed by atoms with Gasteiger partial charge in [-0.25, -0.2) is 0 Å². The van der Waals surface area contributed by atoms with Gasteiger partial charge in [0.05, 0.1) is 19.2 Å². The number of aryl methyl sites for hydroxylation is 1. The standard InChI is InChI=1S/C18H23ClN4O4/c1-25-14-8-12(7-13(19)17(14)26-2)18-21-15(27-22-18)3-4-16(24)23-6-5-11(9-20)10-23/h7-8,11H,3-6,9-10,20H2,1-2H3/t11-/m0/s1. The van der Waals surface area contributed by atoms with Gasteiger partial charge in [0.1, 0.15) is 0 Å². The summed E-state index contributed by atoms with van der Waals surface area (Å²) >= 11 is 6.22. The molecule has 1 amide bonds. The van der Waals surface area contributed by atoms with Crippen LogP contribution in [0.15, 0.2) is 16.7 Å². The topological polar surface area (TPSA) is 104 Å². The van der Waals surface area contributed by atoms with Gasteiger partial charge in [0.15, 0.2) is 11.5 Å². The summed E-state index contributed by atoms with van der Waals surface area (Å²) in [7, 11) is 3.04. The maximum absolute atomic E-state index is 12.3. The third-order valence-electron chi connectivity index (χ3n) is 4.68. The molecule has 0 saturated carbocycles. The highest BCUT2D eigenvalue weighted by atomic mass is 35.5. The average Bonchev–Trinajstić information content (AvgIpc) is 3.34. The smallest absolute Gasteiger partial charge is 0.227 e. The van der Waals surface area contributed by atoms with Crippen LogP contribution in [0, 0.1) is 5.92 Å². The number of rotatable bonds is 7. The number of nitrogens with zero attached hydrogens (tertiary/aromatic N) is 3. The molecule has 1 saturated heterocycles. The number of amides is 1. The normalized spacial score (nSPS) is 16.6. The van der Waals surface area contributed by atoms with E-state index in [2.05, 4.69) is 10.1 Å². The quantitative estimate of drug-likeness (QED) is 0.767. The Bertz CT molecular complexity index is 811. The van der Waals surface area contributed by atoms with Crippen molar-refractivity contribution in [2.75, 3.05) is 33.9 Å². The number of ether oxygens (including phenoxy) is 2. The second kappa shape index (κ2) is 8.58. The number of benzene rings is 1. The maximum atomic E-state index is 12.3. The van der Waals surface area contributed by atoms with E-state index in [0.717, 1.165) is 19.5 Å². The van der Waals surface area contributed by atoms with Gasteiger partial charge in [0.2, 0.25) is 17.6 Å². The van der Waals surface area contributed by atoms with Crippen LogP contribution in [0.5, 0.6) is 11.5 Å². The molecule has 2 heterocycles. The second-order valence-corrected chi connectivity index (χ2v) is 6.84. The molecule has 1 aliphatic heterocycles. The van der Waals surface area contributed by atoms with E-state index in [1.165, 1.54) is 14.2 Å². The molecule has 1 fully saturated rings. The largest absolute Gasteiger partial charge is 0.493 e. The monoisotopic (exact) mass is 394 g/mol. The van der Waals surface area contributed by atoms with E-state index >= 15 is 0 Å². The molecule has 0 radical (unpaired) electrons. The molecule has 1 aliphatic rings. The fourth-order valence-electron chi connectivity index (χ4n) is 3.14. The molecule has 0 aliphatic carbocycles. The number of nitrogens with two attached hydrogens (primary N) is 1. The lowest BCUT2D eigenvalue weighted by Crippen LogP contribution is -2.30. The van der Waals surface area contributed by atoms with E-state index in [0.29, 0.717) is 59.1 Å². The van der Waals surface area contributed by atoms with E-state index in [1.807, 2.05) is 4.90 Å². The van der Waals surface area contributed by atoms with Crippen LogP contribution in [0.2, 0.25) is 5.02 Å². The predicted molar refractivity (Wildman–Crippen MR) is 99.9 cm³/mol. The van der Waals surface area contributed by atoms with Gasteiger partial charge in [-0.2, -0.15) is 4.98 Å². The van der Waals surface area contributed by atoms with Crippen LogP contribution in [-0.2, 0) is 11.2 Å². The molecule has 2 N–H and O–H groups in total. The van der Waals surface area contributed by atoms with Crippen LogP contribution in [-0.4, -0.2) is 54.8 Å². The summed E-state index contributed by atoms with van der Waals surface area (Å²) in [5.41, 5.74) is 6.31. The van der Waals surface area contributed by atoms with Crippen LogP contribution in [0.4, 0.5) is 0 Å². The number of hydrogen-bond acceptors (Lipinski definition) is 7. The van der Waals surface area contributed by atoms with Gasteiger partial charge >= 0.3 is 0 Å². The Morgan fingerprint density at radius 1 is 1.41 bits per heavy atom. The number of aromatic nitrogens is 2. The van der Waals surface area contributed by atoms with E-state index in [4.69, 9.17) is 31.3 Å². The Hall–Kier alpha value is -2.32. The van der Waals surface area contributed by atoms with Gasteiger partial charge in [0, 0.05) is 31.5 Å². The molecule has 8 nitrogen and oxygen atoms in total. The Labute approximate surface area is 162 Å². The van der Waals surface area contributed by atoms with Gasteiger partial charge in [0.25, 0.3) is 0 Å². The molecular formula is C18H23ClN4O4. The summed E-state index contributed by atoms with van der Waals surface area (Å²) in [6, 6.07) is 3.40. The van der Waals surface area contributed by atoms with Crippen molar-refractivity contribution in [3.63, 3.8) is 0 Å². The van der Waals surface area contributed by atoms with Crippen LogP contribution >= 0.6 is 11.6 Å². The van der Waals surface area contributed by atoms with Crippen LogP contribution in [0.1, 0.15) is 18.7 Å². The molecular weight excluding hydrogens is 372 g/mol. The molecule has 1 aromatic carbocycles. The Morgan fingerprint density at radius 2 is 2.22 bits per heavy atom. The summed E-state index contributed by atoms with van der Waals surface area (Å²) in [4.78, 5) is 18.5. The number of hydrogen-bond donors (Lipinski definition) is 1. The lowest BCUT2D eigenvalue weighted by Gasteiger charge is -2.15. The summed E-state index contributed by atoms with van der Waals surface area (Å²) in [5, 5.41) is 4.36. The minimum absolute atomic E-state index is 0.0832. The highest BCUT2D eigenvalue weighted by Gasteiger charge is 2.25. The van der Waals surface area contributed by atoms with Crippen molar-refractivity contribution in [1.29, 1.82) is 0 Å². The molecule has 3 rings (SSSR count). The SMILES string of the molecule is COc1cc(-c2noc(CCC(=O)N3CC[C@@H](CN)C3)n2)cc(Cl)c1OC. The fourth-order valence-corrected chi connectivity index (χ4v) is 3.43. The van der Waals surface area contributed by atoms with E-state index in [9.17, 15) is 4.79 Å². The lowest BCUT2D eigenvalue weighted by atomic mass is 10.1. The predicted octanol–water partition coefficient (Wildman–Crippen LogP) is 2.15. The van der Waals surface area contributed by atoms with Gasteiger partial charge < -0.3 is 24.6 Å². The van der Waals surface area contributed by atoms with Crippen LogP contribution < -0.4 is 15.2 Å². The molecule has 0 spiro atoms. The molecule has 0 unspecified atom stereocenters. The summed E-state index contributed by atoms with van der Waals surface area (Å²) in [5.74, 6) is 2.19. The van der Waals surface area contributed by atoms with Crippen LogP contribution in [0.3, 0.4) is 0 Å². The first-order valence-corrected chi connectivity index (χ1v) is 9.15. The second-order valence-electron chi connectivity index (χ2n) is 6.44. The average molecular weight is 395 g/mol. The third-order valence-corrected chi connectivity index (χ3v) is 4.97. The number of halogens is 1. The summed E-state index contributed by atoms with van der Waals surface area (Å²) < 4.78 is 15.8. The molecule has 1 aromatic heterocycles. The fraction of sp³-hybridized carbons (Fsp3) is 0.500. The number of likely N-dealkylation sites (tertiary alicyclic amines) is 1. The van der Waals surface area contributed by atoms with Gasteiger partial charge in [-0.05, 0) is 31.0 Å². The Balaban J connectivity index is 1.65. The van der Waals surface area contributed by atoms with Crippen molar-refractivity contribution in [2.24, 2.45) is 11.7 Å². The highest BCUT2D eigenvalue weighted by molar-refractivity contribution is 6.32. The molecule has 146 valence electrons. The first-order valence-electron chi connectivity index (χ1n) is 8.78. The zero-order valence-electron chi connectivity index (χ0n) is 15.4. The first kappa shape index (κ1) is 19.4. The molecule has 2 aromatic rings. The molecule has 27 heavy (non-hydrogen) atoms. The molecule has 0 bridgehead atoms. The minimum Gasteiger partial charge on any atom is -0.493 e. The van der Waals surface area contributed by atoms with Crippen molar-refractivity contribution in [3.05, 3.63) is 23.0 Å². The number of methoxy groups -OCH3 is 2. The van der Waals surface area contributed by atoms with Gasteiger partial charge in [-0.15, -0.1) is 0 Å². The zero-order valence-corrected chi connectivity index (χ0v) is 16.2. The van der Waals surface area contributed by atoms with Crippen molar-refractivity contribution in [2.45, 2.75) is 19.3 Å². The summed E-state index contributed by atoms with van der Waals surface area (Å²) in [6.07, 6.45) is 1.68. The van der Waals surface area contributed by atoms with Crippen molar-refractivity contribution >= 4 is 17.5 Å². The van der Waals surface area contributed by atoms with E-state index in [-0.39, 0.29) is 5.91 Å². The maximum Gasteiger partial charge on any atom is 0.227 e. The van der Waals surface area contributed by atoms with Crippen molar-refractivity contribution < 1.29 is 18.8 Å². The number of carbonyl (C=O) groups excluding carboxylic acids is 1. The summed E-state index contributed by atoms with van der Waals surface area (Å²) in [6.45, 7) is 2.11. The Kier molecular flexibility index (Phi) is 6.18. The van der Waals surface area contributed by atoms with E-state index < -0.39 is 0 Å².